The zero-order chi connectivity index (χ0) is 13.5. The molecule has 1 aromatic rings. The van der Waals surface area contributed by atoms with Crippen LogP contribution in [0.3, 0.4) is 0 Å². The summed E-state index contributed by atoms with van der Waals surface area (Å²) in [6.45, 7) is 0.277. The second kappa shape index (κ2) is 6.50. The molecule has 0 aliphatic heterocycles. The quantitative estimate of drug-likeness (QED) is 0.790. The minimum absolute atomic E-state index is 0.00242. The smallest absolute Gasteiger partial charge is 0.225 e. The van der Waals surface area contributed by atoms with Crippen molar-refractivity contribution in [2.24, 2.45) is 0 Å². The van der Waals surface area contributed by atoms with Gasteiger partial charge in [-0.3, -0.25) is 4.79 Å². The van der Waals surface area contributed by atoms with Crippen LogP contribution >= 0.6 is 0 Å². The van der Waals surface area contributed by atoms with Crippen LogP contribution in [0.5, 0.6) is 11.5 Å². The number of ether oxygens (including phenoxy) is 2. The van der Waals surface area contributed by atoms with Gasteiger partial charge in [-0.05, 0) is 12.1 Å². The summed E-state index contributed by atoms with van der Waals surface area (Å²) >= 11 is 0. The van der Waals surface area contributed by atoms with Gasteiger partial charge in [0.25, 0.3) is 0 Å². The fourth-order valence-corrected chi connectivity index (χ4v) is 1.33. The molecule has 0 bridgehead atoms. The molecule has 96 valence electrons. The highest BCUT2D eigenvalue weighted by Gasteiger charge is 2.08. The molecule has 0 fully saturated rings. The fourth-order valence-electron chi connectivity index (χ4n) is 1.33. The summed E-state index contributed by atoms with van der Waals surface area (Å²) in [5, 5.41) is 8.76. The van der Waals surface area contributed by atoms with Crippen molar-refractivity contribution in [2.75, 3.05) is 27.8 Å². The Morgan fingerprint density at radius 2 is 2.11 bits per heavy atom. The van der Waals surface area contributed by atoms with Crippen LogP contribution in [0, 0.1) is 11.3 Å². The Kier molecular flexibility index (Phi) is 5.00. The molecule has 0 spiro atoms. The molecule has 0 unspecified atom stereocenters. The summed E-state index contributed by atoms with van der Waals surface area (Å²) in [5.41, 5.74) is 0.503. The normalized spacial score (nSPS) is 9.44. The van der Waals surface area contributed by atoms with Crippen molar-refractivity contribution in [3.63, 3.8) is 0 Å². The van der Waals surface area contributed by atoms with Crippen LogP contribution in [0.25, 0.3) is 0 Å². The second-order valence-corrected chi connectivity index (χ2v) is 3.86. The zero-order valence-electron chi connectivity index (χ0n) is 10.8. The predicted octanol–water partition coefficient (Wildman–Crippen LogP) is 1.42. The van der Waals surface area contributed by atoms with Crippen molar-refractivity contribution in [3.05, 3.63) is 23.8 Å². The third-order valence-corrected chi connectivity index (χ3v) is 2.37. The minimum atomic E-state index is 0.00242. The van der Waals surface area contributed by atoms with Gasteiger partial charge in [-0.25, -0.2) is 0 Å². The Morgan fingerprint density at radius 3 is 2.67 bits per heavy atom. The highest BCUT2D eigenvalue weighted by Crippen LogP contribution is 2.27. The first-order valence-electron chi connectivity index (χ1n) is 5.49. The van der Waals surface area contributed by atoms with E-state index in [4.69, 9.17) is 14.7 Å². The molecule has 0 N–H and O–H groups in total. The van der Waals surface area contributed by atoms with E-state index in [1.165, 1.54) is 12.0 Å². The first kappa shape index (κ1) is 13.8. The monoisotopic (exact) mass is 248 g/mol. The van der Waals surface area contributed by atoms with Crippen LogP contribution in [0.15, 0.2) is 18.2 Å². The van der Waals surface area contributed by atoms with Crippen LogP contribution in [-0.2, 0) is 4.79 Å². The number of benzene rings is 1. The van der Waals surface area contributed by atoms with Crippen molar-refractivity contribution >= 4 is 5.91 Å². The highest BCUT2D eigenvalue weighted by molar-refractivity contribution is 5.75. The van der Waals surface area contributed by atoms with E-state index in [2.05, 4.69) is 0 Å². The summed E-state index contributed by atoms with van der Waals surface area (Å²) in [4.78, 5) is 12.9. The number of nitrogens with zero attached hydrogens (tertiary/aromatic N) is 2. The molecule has 0 saturated carbocycles. The Bertz CT molecular complexity index is 464. The van der Waals surface area contributed by atoms with E-state index in [9.17, 15) is 4.79 Å². The van der Waals surface area contributed by atoms with Crippen LogP contribution in [-0.4, -0.2) is 38.6 Å². The van der Waals surface area contributed by atoms with E-state index in [0.717, 1.165) is 0 Å². The first-order chi connectivity index (χ1) is 8.58. The van der Waals surface area contributed by atoms with Gasteiger partial charge in [-0.15, -0.1) is 0 Å². The Morgan fingerprint density at radius 1 is 1.39 bits per heavy atom. The lowest BCUT2D eigenvalue weighted by Gasteiger charge is -2.12. The number of rotatable bonds is 5. The van der Waals surface area contributed by atoms with Crippen LogP contribution < -0.4 is 9.47 Å². The molecule has 0 aliphatic rings. The maximum absolute atomic E-state index is 11.4. The lowest BCUT2D eigenvalue weighted by molar-refractivity contribution is -0.129. The zero-order valence-corrected chi connectivity index (χ0v) is 10.8. The molecule has 0 aromatic heterocycles. The maximum Gasteiger partial charge on any atom is 0.225 e. The molecule has 5 nitrogen and oxygen atoms in total. The van der Waals surface area contributed by atoms with Crippen LogP contribution in [0.2, 0.25) is 0 Å². The standard InChI is InChI=1S/C13H16N2O3/c1-15(2)13(16)6-7-18-11-5-4-10(9-14)8-12(11)17-3/h4-5,8H,6-7H2,1-3H3. The van der Waals surface area contributed by atoms with Crippen LogP contribution in [0.4, 0.5) is 0 Å². The average Bonchev–Trinajstić information content (AvgIpc) is 2.38. The summed E-state index contributed by atoms with van der Waals surface area (Å²) < 4.78 is 10.6. The molecule has 5 heteroatoms. The molecule has 0 atom stereocenters. The molecule has 0 heterocycles. The molecular formula is C13H16N2O3. The SMILES string of the molecule is COc1cc(C#N)ccc1OCCC(=O)N(C)C. The van der Waals surface area contributed by atoms with E-state index < -0.39 is 0 Å². The number of hydrogen-bond acceptors (Lipinski definition) is 4. The molecule has 0 radical (unpaired) electrons. The summed E-state index contributed by atoms with van der Waals surface area (Å²) in [5.74, 6) is 1.03. The van der Waals surface area contributed by atoms with E-state index in [1.807, 2.05) is 6.07 Å². The molecular weight excluding hydrogens is 232 g/mol. The summed E-state index contributed by atoms with van der Waals surface area (Å²) in [6, 6.07) is 6.93. The van der Waals surface area contributed by atoms with Crippen molar-refractivity contribution in [1.29, 1.82) is 5.26 Å². The third kappa shape index (κ3) is 3.67. The van der Waals surface area contributed by atoms with Gasteiger partial charge in [0.05, 0.1) is 31.8 Å². The number of methoxy groups -OCH3 is 1. The molecule has 1 amide bonds. The van der Waals surface area contributed by atoms with E-state index in [-0.39, 0.29) is 12.5 Å². The van der Waals surface area contributed by atoms with Crippen molar-refractivity contribution in [1.82, 2.24) is 4.90 Å². The number of carbonyl (C=O) groups is 1. The first-order valence-corrected chi connectivity index (χ1v) is 5.49. The van der Waals surface area contributed by atoms with Gasteiger partial charge in [0.2, 0.25) is 5.91 Å². The lowest BCUT2D eigenvalue weighted by Crippen LogP contribution is -2.23. The van der Waals surface area contributed by atoms with Crippen molar-refractivity contribution in [3.8, 4) is 17.6 Å². The van der Waals surface area contributed by atoms with Crippen molar-refractivity contribution < 1.29 is 14.3 Å². The van der Waals surface area contributed by atoms with Gasteiger partial charge in [-0.1, -0.05) is 0 Å². The third-order valence-electron chi connectivity index (χ3n) is 2.37. The van der Waals surface area contributed by atoms with Gasteiger partial charge < -0.3 is 14.4 Å². The second-order valence-electron chi connectivity index (χ2n) is 3.86. The topological polar surface area (TPSA) is 62.6 Å². The fraction of sp³-hybridized carbons (Fsp3) is 0.385. The number of nitriles is 1. The molecule has 0 saturated heterocycles. The minimum Gasteiger partial charge on any atom is -0.493 e. The van der Waals surface area contributed by atoms with Gasteiger partial charge >= 0.3 is 0 Å². The predicted molar refractivity (Wildman–Crippen MR) is 66.5 cm³/mol. The maximum atomic E-state index is 11.4. The average molecular weight is 248 g/mol. The summed E-state index contributed by atoms with van der Waals surface area (Å²) in [7, 11) is 4.91. The Balaban J connectivity index is 2.62. The summed E-state index contributed by atoms with van der Waals surface area (Å²) in [6.07, 6.45) is 0.302. The molecule has 1 aromatic carbocycles. The van der Waals surface area contributed by atoms with Gasteiger partial charge in [0.15, 0.2) is 11.5 Å². The number of hydrogen-bond donors (Lipinski definition) is 0. The number of carbonyl (C=O) groups excluding carboxylic acids is 1. The largest absolute Gasteiger partial charge is 0.493 e. The van der Waals surface area contributed by atoms with E-state index in [1.54, 1.807) is 32.3 Å². The van der Waals surface area contributed by atoms with E-state index >= 15 is 0 Å². The Labute approximate surface area is 107 Å². The van der Waals surface area contributed by atoms with Crippen molar-refractivity contribution in [2.45, 2.75) is 6.42 Å². The lowest BCUT2D eigenvalue weighted by atomic mass is 10.2. The number of amides is 1. The molecule has 18 heavy (non-hydrogen) atoms. The van der Waals surface area contributed by atoms with Gasteiger partial charge in [-0.2, -0.15) is 5.26 Å². The highest BCUT2D eigenvalue weighted by atomic mass is 16.5. The van der Waals surface area contributed by atoms with Gasteiger partial charge in [0.1, 0.15) is 0 Å². The van der Waals surface area contributed by atoms with E-state index in [0.29, 0.717) is 23.5 Å². The van der Waals surface area contributed by atoms with Crippen LogP contribution in [0.1, 0.15) is 12.0 Å². The Hall–Kier alpha value is -2.22. The van der Waals surface area contributed by atoms with Gasteiger partial charge in [0, 0.05) is 20.2 Å². The molecule has 0 aliphatic carbocycles. The molecule has 1 rings (SSSR count).